The summed E-state index contributed by atoms with van der Waals surface area (Å²) in [4.78, 5) is 15.2. The summed E-state index contributed by atoms with van der Waals surface area (Å²) in [5, 5.41) is 9.71. The van der Waals surface area contributed by atoms with Crippen molar-refractivity contribution in [2.45, 2.75) is 6.42 Å². The molecule has 3 nitrogen and oxygen atoms in total. The van der Waals surface area contributed by atoms with E-state index in [0.29, 0.717) is 9.88 Å². The van der Waals surface area contributed by atoms with Crippen LogP contribution in [-0.4, -0.2) is 15.3 Å². The molecule has 0 aliphatic rings. The van der Waals surface area contributed by atoms with Crippen molar-refractivity contribution >= 4 is 28.2 Å². The molecular weight excluding hydrogens is 246 g/mol. The summed E-state index contributed by atoms with van der Waals surface area (Å²) in [6.45, 7) is 0. The smallest absolute Gasteiger partial charge is 0.227 e. The van der Waals surface area contributed by atoms with Crippen LogP contribution in [0.4, 0.5) is 0 Å². The Morgan fingerprint density at radius 1 is 1.38 bits per heavy atom. The topological polar surface area (TPSA) is 50.2 Å². The van der Waals surface area contributed by atoms with Gasteiger partial charge in [0.1, 0.15) is 5.01 Å². The Morgan fingerprint density at radius 3 is 2.69 bits per heavy atom. The van der Waals surface area contributed by atoms with Crippen LogP contribution in [0.3, 0.4) is 0 Å². The molecule has 5 heteroatoms. The van der Waals surface area contributed by atoms with Crippen molar-refractivity contribution in [1.29, 1.82) is 0 Å². The molecule has 0 fully saturated rings. The lowest BCUT2D eigenvalue weighted by atomic mass is 10.2. The van der Waals surface area contributed by atoms with Gasteiger partial charge in [-0.1, -0.05) is 30.3 Å². The molecule has 2 aromatic rings. The van der Waals surface area contributed by atoms with Crippen LogP contribution in [0, 0.1) is 0 Å². The van der Waals surface area contributed by atoms with Crippen LogP contribution in [0.1, 0.15) is 4.88 Å². The van der Waals surface area contributed by atoms with E-state index in [2.05, 4.69) is 4.98 Å². The Labute approximate surface area is 101 Å². The van der Waals surface area contributed by atoms with E-state index in [1.54, 1.807) is 0 Å². The first kappa shape index (κ1) is 11.1. The van der Waals surface area contributed by atoms with E-state index >= 15 is 0 Å². The van der Waals surface area contributed by atoms with Crippen LogP contribution >= 0.6 is 22.9 Å². The molecule has 0 saturated carbocycles. The van der Waals surface area contributed by atoms with Crippen LogP contribution in [0.15, 0.2) is 30.3 Å². The summed E-state index contributed by atoms with van der Waals surface area (Å²) in [6, 6.07) is 9.47. The fourth-order valence-corrected chi connectivity index (χ4v) is 2.46. The number of carbonyl (C=O) groups excluding carboxylic acids is 1. The molecule has 0 radical (unpaired) electrons. The predicted molar refractivity (Wildman–Crippen MR) is 63.8 cm³/mol. The van der Waals surface area contributed by atoms with Crippen molar-refractivity contribution < 1.29 is 9.90 Å². The lowest BCUT2D eigenvalue weighted by Crippen LogP contribution is -1.89. The minimum atomic E-state index is -0.501. The first-order valence-corrected chi connectivity index (χ1v) is 5.78. The average Bonchev–Trinajstić information content (AvgIpc) is 2.61. The molecule has 0 saturated heterocycles. The lowest BCUT2D eigenvalue weighted by molar-refractivity contribution is -0.111. The van der Waals surface area contributed by atoms with Crippen molar-refractivity contribution in [2.24, 2.45) is 0 Å². The SMILES string of the molecule is O=C(Cl)Cc1sc(-c2ccccc2)nc1O. The number of rotatable bonds is 3. The highest BCUT2D eigenvalue weighted by Gasteiger charge is 2.13. The van der Waals surface area contributed by atoms with E-state index in [1.807, 2.05) is 30.3 Å². The molecule has 0 spiro atoms. The second-order valence-electron chi connectivity index (χ2n) is 3.16. The van der Waals surface area contributed by atoms with Gasteiger partial charge in [-0.25, -0.2) is 4.98 Å². The fourth-order valence-electron chi connectivity index (χ4n) is 1.29. The van der Waals surface area contributed by atoms with Gasteiger partial charge in [0.05, 0.1) is 11.3 Å². The van der Waals surface area contributed by atoms with Gasteiger partial charge in [-0.2, -0.15) is 0 Å². The molecule has 2 rings (SSSR count). The number of carbonyl (C=O) groups is 1. The first-order valence-electron chi connectivity index (χ1n) is 4.59. The second kappa shape index (κ2) is 4.63. The van der Waals surface area contributed by atoms with Crippen molar-refractivity contribution in [3.63, 3.8) is 0 Å². The number of hydrogen-bond donors (Lipinski definition) is 1. The number of benzene rings is 1. The zero-order chi connectivity index (χ0) is 11.5. The normalized spacial score (nSPS) is 10.3. The van der Waals surface area contributed by atoms with E-state index in [1.165, 1.54) is 11.3 Å². The minimum Gasteiger partial charge on any atom is -0.492 e. The van der Waals surface area contributed by atoms with Gasteiger partial charge in [0.15, 0.2) is 0 Å². The molecule has 0 aliphatic carbocycles. The monoisotopic (exact) mass is 253 g/mol. The van der Waals surface area contributed by atoms with E-state index in [4.69, 9.17) is 11.6 Å². The number of hydrogen-bond acceptors (Lipinski definition) is 4. The third-order valence-electron chi connectivity index (χ3n) is 2.00. The van der Waals surface area contributed by atoms with Gasteiger partial charge in [-0.3, -0.25) is 4.79 Å². The number of nitrogens with zero attached hydrogens (tertiary/aromatic N) is 1. The highest BCUT2D eigenvalue weighted by atomic mass is 35.5. The number of aromatic hydroxyl groups is 1. The van der Waals surface area contributed by atoms with Crippen LogP contribution in [0.2, 0.25) is 0 Å². The maximum atomic E-state index is 10.7. The molecule has 0 atom stereocenters. The number of halogens is 1. The summed E-state index contributed by atoms with van der Waals surface area (Å²) < 4.78 is 0. The van der Waals surface area contributed by atoms with Crippen LogP contribution in [0.25, 0.3) is 10.6 Å². The molecular formula is C11H8ClNO2S. The Kier molecular flexibility index (Phi) is 3.22. The van der Waals surface area contributed by atoms with Gasteiger partial charge in [-0.05, 0) is 11.6 Å². The molecule has 1 N–H and O–H groups in total. The van der Waals surface area contributed by atoms with Crippen LogP contribution in [0.5, 0.6) is 5.88 Å². The molecule has 1 aromatic heterocycles. The van der Waals surface area contributed by atoms with Gasteiger partial charge in [-0.15, -0.1) is 11.3 Å². The Bertz CT molecular complexity index is 510. The first-order chi connectivity index (χ1) is 7.66. The standard InChI is InChI=1S/C11H8ClNO2S/c12-9(14)6-8-10(15)13-11(16-8)7-4-2-1-3-5-7/h1-5,15H,6H2. The molecule has 0 unspecified atom stereocenters. The zero-order valence-corrected chi connectivity index (χ0v) is 9.76. The summed E-state index contributed by atoms with van der Waals surface area (Å²) in [5.41, 5.74) is 0.913. The summed E-state index contributed by atoms with van der Waals surface area (Å²) in [7, 11) is 0. The van der Waals surface area contributed by atoms with Crippen molar-refractivity contribution in [3.8, 4) is 16.5 Å². The summed E-state index contributed by atoms with van der Waals surface area (Å²) >= 11 is 6.54. The highest BCUT2D eigenvalue weighted by molar-refractivity contribution is 7.15. The summed E-state index contributed by atoms with van der Waals surface area (Å²) in [6.07, 6.45) is 0.0118. The van der Waals surface area contributed by atoms with Crippen molar-refractivity contribution in [3.05, 3.63) is 35.2 Å². The van der Waals surface area contributed by atoms with Crippen LogP contribution in [-0.2, 0) is 11.2 Å². The Hall–Kier alpha value is -1.39. The molecule has 1 heterocycles. The lowest BCUT2D eigenvalue weighted by Gasteiger charge is -1.92. The van der Waals surface area contributed by atoms with Gasteiger partial charge >= 0.3 is 0 Å². The van der Waals surface area contributed by atoms with Gasteiger partial charge in [0.2, 0.25) is 11.1 Å². The molecule has 0 amide bonds. The molecule has 16 heavy (non-hydrogen) atoms. The van der Waals surface area contributed by atoms with Gasteiger partial charge in [0.25, 0.3) is 0 Å². The minimum absolute atomic E-state index is 0.0118. The fraction of sp³-hybridized carbons (Fsp3) is 0.0909. The quantitative estimate of drug-likeness (QED) is 0.856. The number of thiazole rings is 1. The third kappa shape index (κ3) is 2.40. The van der Waals surface area contributed by atoms with Gasteiger partial charge < -0.3 is 5.11 Å². The highest BCUT2D eigenvalue weighted by Crippen LogP contribution is 2.32. The van der Waals surface area contributed by atoms with E-state index in [-0.39, 0.29) is 12.3 Å². The zero-order valence-electron chi connectivity index (χ0n) is 8.18. The van der Waals surface area contributed by atoms with Crippen LogP contribution < -0.4 is 0 Å². The van der Waals surface area contributed by atoms with Crippen molar-refractivity contribution in [2.75, 3.05) is 0 Å². The predicted octanol–water partition coefficient (Wildman–Crippen LogP) is 2.82. The Balaban J connectivity index is 2.34. The average molecular weight is 254 g/mol. The second-order valence-corrected chi connectivity index (χ2v) is 4.67. The largest absolute Gasteiger partial charge is 0.492 e. The number of aromatic nitrogens is 1. The molecule has 82 valence electrons. The third-order valence-corrected chi connectivity index (χ3v) is 3.22. The van der Waals surface area contributed by atoms with Gasteiger partial charge in [0, 0.05) is 5.56 Å². The van der Waals surface area contributed by atoms with Crippen molar-refractivity contribution in [1.82, 2.24) is 4.98 Å². The van der Waals surface area contributed by atoms with E-state index in [0.717, 1.165) is 5.56 Å². The maximum absolute atomic E-state index is 10.7. The Morgan fingerprint density at radius 2 is 2.06 bits per heavy atom. The van der Waals surface area contributed by atoms with E-state index < -0.39 is 5.24 Å². The summed E-state index contributed by atoms with van der Waals surface area (Å²) in [5.74, 6) is -0.113. The van der Waals surface area contributed by atoms with E-state index in [9.17, 15) is 9.90 Å². The maximum Gasteiger partial charge on any atom is 0.227 e. The molecule has 0 bridgehead atoms. The molecule has 0 aliphatic heterocycles. The molecule has 1 aromatic carbocycles.